The highest BCUT2D eigenvalue weighted by molar-refractivity contribution is 5.92. The molecule has 2 bridgehead atoms. The van der Waals surface area contributed by atoms with E-state index in [-0.39, 0.29) is 11.9 Å². The standard InChI is InChI=1S/C21H28N4O/c1-15-11-20(23-25(15)14-16-7-4-3-5-8-16)21(26)22-17-12-18-9-6-10-19(13-17)24(18)2/h3-5,7-8,11,17-19H,6,9-10,12-14H2,1-2H3,(H,22,26). The molecule has 1 N–H and O–H groups in total. The highest BCUT2D eigenvalue weighted by Crippen LogP contribution is 2.32. The molecular weight excluding hydrogens is 324 g/mol. The Morgan fingerprint density at radius 3 is 2.58 bits per heavy atom. The van der Waals surface area contributed by atoms with Gasteiger partial charge in [0.1, 0.15) is 5.69 Å². The van der Waals surface area contributed by atoms with Gasteiger partial charge < -0.3 is 10.2 Å². The summed E-state index contributed by atoms with van der Waals surface area (Å²) in [6.45, 7) is 2.70. The molecule has 138 valence electrons. The lowest BCUT2D eigenvalue weighted by Gasteiger charge is -2.47. The lowest BCUT2D eigenvalue weighted by Crippen LogP contribution is -2.55. The van der Waals surface area contributed by atoms with Crippen molar-refractivity contribution in [1.82, 2.24) is 20.0 Å². The zero-order valence-electron chi connectivity index (χ0n) is 15.7. The number of piperidine rings is 2. The average Bonchev–Trinajstić information content (AvgIpc) is 2.98. The van der Waals surface area contributed by atoms with Crippen LogP contribution in [0.5, 0.6) is 0 Å². The molecule has 2 fully saturated rings. The molecule has 1 amide bonds. The van der Waals surface area contributed by atoms with Gasteiger partial charge in [0.2, 0.25) is 0 Å². The maximum absolute atomic E-state index is 12.7. The van der Waals surface area contributed by atoms with Crippen molar-refractivity contribution < 1.29 is 4.79 Å². The van der Waals surface area contributed by atoms with Crippen molar-refractivity contribution in [2.75, 3.05) is 7.05 Å². The number of nitrogens with zero attached hydrogens (tertiary/aromatic N) is 3. The summed E-state index contributed by atoms with van der Waals surface area (Å²) < 4.78 is 1.91. The van der Waals surface area contributed by atoms with Gasteiger partial charge in [-0.2, -0.15) is 5.10 Å². The Hall–Kier alpha value is -2.14. The topological polar surface area (TPSA) is 50.2 Å². The van der Waals surface area contributed by atoms with Crippen LogP contribution in [0.15, 0.2) is 36.4 Å². The van der Waals surface area contributed by atoms with Gasteiger partial charge in [-0.15, -0.1) is 0 Å². The van der Waals surface area contributed by atoms with E-state index in [1.807, 2.05) is 35.9 Å². The predicted molar refractivity (Wildman–Crippen MR) is 102 cm³/mol. The molecule has 2 saturated heterocycles. The summed E-state index contributed by atoms with van der Waals surface area (Å²) >= 11 is 0. The second-order valence-corrected chi connectivity index (χ2v) is 7.86. The molecule has 1 aromatic carbocycles. The van der Waals surface area contributed by atoms with E-state index in [1.54, 1.807) is 0 Å². The Morgan fingerprint density at radius 2 is 1.88 bits per heavy atom. The number of fused-ring (bicyclic) bond motifs is 2. The van der Waals surface area contributed by atoms with E-state index in [9.17, 15) is 4.79 Å². The van der Waals surface area contributed by atoms with Crippen molar-refractivity contribution in [3.8, 4) is 0 Å². The van der Waals surface area contributed by atoms with E-state index < -0.39 is 0 Å². The first kappa shape index (κ1) is 17.3. The van der Waals surface area contributed by atoms with Gasteiger partial charge in [-0.25, -0.2) is 0 Å². The van der Waals surface area contributed by atoms with Crippen LogP contribution in [0.25, 0.3) is 0 Å². The molecule has 5 nitrogen and oxygen atoms in total. The van der Waals surface area contributed by atoms with Crippen molar-refractivity contribution in [2.24, 2.45) is 0 Å². The Bertz CT molecular complexity index is 756. The van der Waals surface area contributed by atoms with E-state index in [1.165, 1.54) is 24.8 Å². The first-order chi connectivity index (χ1) is 12.6. The van der Waals surface area contributed by atoms with Crippen molar-refractivity contribution in [1.29, 1.82) is 0 Å². The third-order valence-corrected chi connectivity index (χ3v) is 6.06. The molecule has 4 rings (SSSR count). The van der Waals surface area contributed by atoms with Crippen LogP contribution in [0, 0.1) is 6.92 Å². The fourth-order valence-electron chi connectivity index (χ4n) is 4.53. The number of aromatic nitrogens is 2. The van der Waals surface area contributed by atoms with E-state index in [0.717, 1.165) is 18.5 Å². The Morgan fingerprint density at radius 1 is 1.19 bits per heavy atom. The van der Waals surface area contributed by atoms with Gasteiger partial charge >= 0.3 is 0 Å². The molecule has 2 aromatic rings. The number of benzene rings is 1. The predicted octanol–water partition coefficient (Wildman–Crippen LogP) is 2.98. The number of carbonyl (C=O) groups excluding carboxylic acids is 1. The van der Waals surface area contributed by atoms with Crippen LogP contribution in [0.4, 0.5) is 0 Å². The number of hydrogen-bond donors (Lipinski definition) is 1. The van der Waals surface area contributed by atoms with E-state index in [4.69, 9.17) is 0 Å². The second-order valence-electron chi connectivity index (χ2n) is 7.86. The fraction of sp³-hybridized carbons (Fsp3) is 0.524. The summed E-state index contributed by atoms with van der Waals surface area (Å²) in [6, 6.07) is 13.6. The zero-order chi connectivity index (χ0) is 18.1. The molecule has 0 spiro atoms. The minimum atomic E-state index is -0.0347. The molecule has 26 heavy (non-hydrogen) atoms. The number of amides is 1. The Labute approximate surface area is 155 Å². The van der Waals surface area contributed by atoms with Crippen LogP contribution in [0.1, 0.15) is 53.8 Å². The van der Waals surface area contributed by atoms with Gasteiger partial charge in [0.05, 0.1) is 6.54 Å². The molecular formula is C21H28N4O. The molecule has 5 heteroatoms. The van der Waals surface area contributed by atoms with Crippen LogP contribution < -0.4 is 5.32 Å². The second kappa shape index (κ2) is 7.23. The molecule has 0 aliphatic carbocycles. The van der Waals surface area contributed by atoms with Gasteiger partial charge in [0, 0.05) is 23.8 Å². The number of nitrogens with one attached hydrogen (secondary N) is 1. The molecule has 0 radical (unpaired) electrons. The molecule has 1 aromatic heterocycles. The summed E-state index contributed by atoms with van der Waals surface area (Å²) in [5.41, 5.74) is 2.73. The first-order valence-corrected chi connectivity index (χ1v) is 9.71. The molecule has 3 heterocycles. The Kier molecular flexibility index (Phi) is 4.81. The van der Waals surface area contributed by atoms with Gasteiger partial charge in [0.25, 0.3) is 5.91 Å². The molecule has 2 atom stereocenters. The molecule has 2 aliphatic rings. The maximum atomic E-state index is 12.7. The number of carbonyl (C=O) groups is 1. The SMILES string of the molecule is Cc1cc(C(=O)NC2CC3CCCC(C2)N3C)nn1Cc1ccccc1. The van der Waals surface area contributed by atoms with Gasteiger partial charge in [-0.05, 0) is 51.3 Å². The normalized spacial score (nSPS) is 25.8. The molecule has 0 saturated carbocycles. The smallest absolute Gasteiger partial charge is 0.272 e. The first-order valence-electron chi connectivity index (χ1n) is 9.71. The number of rotatable bonds is 4. The van der Waals surface area contributed by atoms with Crippen LogP contribution in [0.2, 0.25) is 0 Å². The zero-order valence-corrected chi connectivity index (χ0v) is 15.7. The minimum Gasteiger partial charge on any atom is -0.348 e. The minimum absolute atomic E-state index is 0.0347. The summed E-state index contributed by atoms with van der Waals surface area (Å²) in [6.07, 6.45) is 5.95. The third-order valence-electron chi connectivity index (χ3n) is 6.06. The van der Waals surface area contributed by atoms with E-state index >= 15 is 0 Å². The number of aryl methyl sites for hydroxylation is 1. The summed E-state index contributed by atoms with van der Waals surface area (Å²) in [5, 5.41) is 7.80. The van der Waals surface area contributed by atoms with Crippen LogP contribution in [-0.4, -0.2) is 45.8 Å². The molecule has 2 unspecified atom stereocenters. The maximum Gasteiger partial charge on any atom is 0.272 e. The Balaban J connectivity index is 1.42. The van der Waals surface area contributed by atoms with Crippen LogP contribution >= 0.6 is 0 Å². The van der Waals surface area contributed by atoms with Crippen LogP contribution in [-0.2, 0) is 6.54 Å². The highest BCUT2D eigenvalue weighted by atomic mass is 16.2. The van der Waals surface area contributed by atoms with Crippen molar-refractivity contribution in [3.63, 3.8) is 0 Å². The fourth-order valence-corrected chi connectivity index (χ4v) is 4.53. The average molecular weight is 352 g/mol. The summed E-state index contributed by atoms with van der Waals surface area (Å²) in [4.78, 5) is 15.3. The third kappa shape index (κ3) is 3.54. The van der Waals surface area contributed by atoms with Crippen molar-refractivity contribution >= 4 is 5.91 Å². The van der Waals surface area contributed by atoms with Gasteiger partial charge in [-0.3, -0.25) is 9.48 Å². The molecule has 2 aliphatic heterocycles. The van der Waals surface area contributed by atoms with Crippen molar-refractivity contribution in [3.05, 3.63) is 53.3 Å². The highest BCUT2D eigenvalue weighted by Gasteiger charge is 2.36. The monoisotopic (exact) mass is 352 g/mol. The lowest BCUT2D eigenvalue weighted by atomic mass is 9.82. The van der Waals surface area contributed by atoms with Gasteiger partial charge in [-0.1, -0.05) is 36.8 Å². The largest absolute Gasteiger partial charge is 0.348 e. The van der Waals surface area contributed by atoms with Gasteiger partial charge in [0.15, 0.2) is 0 Å². The summed E-state index contributed by atoms with van der Waals surface area (Å²) in [5.74, 6) is -0.0347. The van der Waals surface area contributed by atoms with E-state index in [2.05, 4.69) is 34.5 Å². The lowest BCUT2D eigenvalue weighted by molar-refractivity contribution is 0.0462. The van der Waals surface area contributed by atoms with Crippen molar-refractivity contribution in [2.45, 2.75) is 63.7 Å². The van der Waals surface area contributed by atoms with E-state index in [0.29, 0.717) is 24.3 Å². The number of hydrogen-bond acceptors (Lipinski definition) is 3. The van der Waals surface area contributed by atoms with Crippen LogP contribution in [0.3, 0.4) is 0 Å². The quantitative estimate of drug-likeness (QED) is 0.920. The summed E-state index contributed by atoms with van der Waals surface area (Å²) in [7, 11) is 2.24.